The summed E-state index contributed by atoms with van der Waals surface area (Å²) < 4.78 is 55.9. The fourth-order valence-electron chi connectivity index (χ4n) is 9.53. The highest BCUT2D eigenvalue weighted by molar-refractivity contribution is 7.91. The summed E-state index contributed by atoms with van der Waals surface area (Å²) in [5.74, 6) is -0.775. The van der Waals surface area contributed by atoms with E-state index < -0.39 is 27.7 Å². The molecule has 3 aromatic carbocycles. The van der Waals surface area contributed by atoms with Gasteiger partial charge in [0.25, 0.3) is 0 Å². The first-order chi connectivity index (χ1) is 25.9. The second-order valence-corrected chi connectivity index (χ2v) is 17.4. The van der Waals surface area contributed by atoms with Crippen LogP contribution in [0.3, 0.4) is 0 Å². The van der Waals surface area contributed by atoms with Crippen molar-refractivity contribution in [1.82, 2.24) is 15.1 Å². The highest BCUT2D eigenvalue weighted by atomic mass is 32.2. The van der Waals surface area contributed by atoms with Crippen LogP contribution in [0.25, 0.3) is 0 Å². The van der Waals surface area contributed by atoms with E-state index in [0.29, 0.717) is 5.92 Å². The molecule has 3 heterocycles. The molecule has 7 rings (SSSR count). The summed E-state index contributed by atoms with van der Waals surface area (Å²) >= 11 is 0. The number of anilines is 2. The largest absolute Gasteiger partial charge is 0.465 e. The van der Waals surface area contributed by atoms with Crippen LogP contribution in [-0.4, -0.2) is 93.7 Å². The van der Waals surface area contributed by atoms with Crippen LogP contribution in [0.4, 0.5) is 25.0 Å². The monoisotopic (exact) mass is 761 g/mol. The Morgan fingerprint density at radius 1 is 0.870 bits per heavy atom. The SMILES string of the molecule is C=CC(=O)Nc1cc(F)cc(S(=O)(=O)c2ccc(N3CC(CN4CCC(C(CN5CCC5)(c5cccc(F)c5)[C@H]5CCC[C@@H]5NC(=O)O)CC4)C3)cc2)c1. The predicted octanol–water partition coefficient (Wildman–Crippen LogP) is 6.15. The van der Waals surface area contributed by atoms with Crippen molar-refractivity contribution < 1.29 is 31.9 Å². The minimum atomic E-state index is -4.04. The molecule has 0 aromatic heterocycles. The Balaban J connectivity index is 0.991. The van der Waals surface area contributed by atoms with Gasteiger partial charge in [0.05, 0.1) is 9.79 Å². The summed E-state index contributed by atoms with van der Waals surface area (Å²) in [5, 5.41) is 15.0. The molecule has 0 radical (unpaired) electrons. The third-order valence-electron chi connectivity index (χ3n) is 12.2. The van der Waals surface area contributed by atoms with E-state index in [2.05, 4.69) is 38.0 Å². The smallest absolute Gasteiger partial charge is 0.404 e. The number of sulfone groups is 1. The number of carbonyl (C=O) groups is 2. The lowest BCUT2D eigenvalue weighted by Crippen LogP contribution is -2.60. The summed E-state index contributed by atoms with van der Waals surface area (Å²) in [6.45, 7) is 10.7. The molecule has 54 heavy (non-hydrogen) atoms. The van der Waals surface area contributed by atoms with E-state index >= 15 is 0 Å². The number of piperidine rings is 1. The standard InChI is InChI=1S/C41H49F2N5O5S/c1-2-39(49)44-33-21-32(43)22-36(23-33)54(52,53)35-12-10-34(11-13-35)48-25-28(26-48)24-46-18-14-29(15-19-46)41(27-47-16-5-17-47,30-6-3-7-31(42)20-30)37-8-4-9-38(37)45-40(50)51/h2-3,6-7,10-13,20-23,28-29,37-38,45H,1,4-5,8-9,14-19,24-27H2,(H,44,49)(H,50,51)/t37-,38-,41?/m0/s1. The number of likely N-dealkylation sites (tertiary alicyclic amines) is 2. The van der Waals surface area contributed by atoms with Gasteiger partial charge in [-0.25, -0.2) is 22.0 Å². The molecule has 1 saturated carbocycles. The van der Waals surface area contributed by atoms with E-state index in [-0.39, 0.29) is 44.6 Å². The van der Waals surface area contributed by atoms with Crippen LogP contribution in [-0.2, 0) is 20.0 Å². The first-order valence-corrected chi connectivity index (χ1v) is 20.5. The molecule has 3 aliphatic heterocycles. The molecule has 3 atom stereocenters. The number of nitrogens with zero attached hydrogens (tertiary/aromatic N) is 3. The molecule has 0 bridgehead atoms. The molecule has 1 unspecified atom stereocenters. The van der Waals surface area contributed by atoms with E-state index in [1.807, 2.05) is 6.07 Å². The quantitative estimate of drug-likeness (QED) is 0.178. The topological polar surface area (TPSA) is 122 Å². The third-order valence-corrected chi connectivity index (χ3v) is 14.0. The van der Waals surface area contributed by atoms with Crippen LogP contribution in [0.2, 0.25) is 0 Å². The molecule has 3 N–H and O–H groups in total. The van der Waals surface area contributed by atoms with Crippen molar-refractivity contribution in [2.24, 2.45) is 17.8 Å². The summed E-state index contributed by atoms with van der Waals surface area (Å²) in [6, 6.07) is 16.7. The van der Waals surface area contributed by atoms with Crippen molar-refractivity contribution in [3.63, 3.8) is 0 Å². The highest BCUT2D eigenvalue weighted by Gasteiger charge is 2.53. The first-order valence-electron chi connectivity index (χ1n) is 19.0. The molecule has 3 saturated heterocycles. The van der Waals surface area contributed by atoms with Gasteiger partial charge in [-0.1, -0.05) is 25.1 Å². The third kappa shape index (κ3) is 7.90. The van der Waals surface area contributed by atoms with Crippen LogP contribution < -0.4 is 15.5 Å². The Bertz CT molecular complexity index is 1960. The summed E-state index contributed by atoms with van der Waals surface area (Å²) in [7, 11) is -4.04. The molecule has 13 heteroatoms. The predicted molar refractivity (Wildman–Crippen MR) is 203 cm³/mol. The lowest BCUT2D eigenvalue weighted by atomic mass is 9.57. The number of benzene rings is 3. The Kier molecular flexibility index (Phi) is 11.1. The molecule has 4 fully saturated rings. The number of hydrogen-bond donors (Lipinski definition) is 3. The number of nitrogens with one attached hydrogen (secondary N) is 2. The maximum absolute atomic E-state index is 14.9. The molecule has 4 aliphatic rings. The van der Waals surface area contributed by atoms with E-state index in [4.69, 9.17) is 0 Å². The number of hydrogen-bond acceptors (Lipinski definition) is 7. The fraction of sp³-hybridized carbons (Fsp3) is 0.463. The van der Waals surface area contributed by atoms with Gasteiger partial charge in [0.1, 0.15) is 11.6 Å². The van der Waals surface area contributed by atoms with Crippen molar-refractivity contribution in [2.45, 2.75) is 59.8 Å². The molecule has 1 aliphatic carbocycles. The van der Waals surface area contributed by atoms with Crippen molar-refractivity contribution in [3.8, 4) is 0 Å². The molecular formula is C41H49F2N5O5S. The van der Waals surface area contributed by atoms with Gasteiger partial charge in [0.15, 0.2) is 0 Å². The fourth-order valence-corrected chi connectivity index (χ4v) is 10.8. The first kappa shape index (κ1) is 38.0. The summed E-state index contributed by atoms with van der Waals surface area (Å²) in [5.41, 5.74) is 1.58. The van der Waals surface area contributed by atoms with E-state index in [9.17, 15) is 31.9 Å². The van der Waals surface area contributed by atoms with Crippen LogP contribution in [0.1, 0.15) is 44.1 Å². The van der Waals surface area contributed by atoms with Gasteiger partial charge in [-0.2, -0.15) is 0 Å². The normalized spacial score (nSPS) is 22.5. The van der Waals surface area contributed by atoms with Gasteiger partial charge in [-0.3, -0.25) is 4.79 Å². The Morgan fingerprint density at radius 2 is 1.61 bits per heavy atom. The minimum Gasteiger partial charge on any atom is -0.465 e. The zero-order chi connectivity index (χ0) is 38.0. The average molecular weight is 762 g/mol. The van der Waals surface area contributed by atoms with Gasteiger partial charge in [0.2, 0.25) is 15.7 Å². The highest BCUT2D eigenvalue weighted by Crippen LogP contribution is 2.51. The Morgan fingerprint density at radius 3 is 2.26 bits per heavy atom. The average Bonchev–Trinajstić information content (AvgIpc) is 3.57. The lowest BCUT2D eigenvalue weighted by Gasteiger charge is -2.54. The molecular weight excluding hydrogens is 713 g/mol. The number of amides is 2. The van der Waals surface area contributed by atoms with Crippen molar-refractivity contribution in [2.75, 3.05) is 62.6 Å². The molecule has 288 valence electrons. The van der Waals surface area contributed by atoms with E-state index in [1.54, 1.807) is 18.2 Å². The van der Waals surface area contributed by atoms with Crippen molar-refractivity contribution in [1.29, 1.82) is 0 Å². The van der Waals surface area contributed by atoms with Crippen LogP contribution >= 0.6 is 0 Å². The van der Waals surface area contributed by atoms with Crippen LogP contribution in [0, 0.1) is 29.4 Å². The maximum atomic E-state index is 14.9. The van der Waals surface area contributed by atoms with E-state index in [1.165, 1.54) is 24.3 Å². The Labute approximate surface area is 316 Å². The number of carboxylic acid groups (broad SMARTS) is 1. The molecule has 3 aromatic rings. The zero-order valence-electron chi connectivity index (χ0n) is 30.4. The summed E-state index contributed by atoms with van der Waals surface area (Å²) in [4.78, 5) is 30.6. The van der Waals surface area contributed by atoms with Gasteiger partial charge < -0.3 is 30.4 Å². The van der Waals surface area contributed by atoms with Gasteiger partial charge >= 0.3 is 6.09 Å². The number of halogens is 2. The van der Waals surface area contributed by atoms with Gasteiger partial charge in [-0.15, -0.1) is 0 Å². The maximum Gasteiger partial charge on any atom is 0.404 e. The van der Waals surface area contributed by atoms with Crippen molar-refractivity contribution >= 4 is 33.2 Å². The van der Waals surface area contributed by atoms with Crippen LogP contribution in [0.15, 0.2) is 89.2 Å². The number of carbonyl (C=O) groups excluding carboxylic acids is 1. The lowest BCUT2D eigenvalue weighted by molar-refractivity contribution is -0.111. The van der Waals surface area contributed by atoms with Gasteiger partial charge in [0, 0.05) is 54.9 Å². The van der Waals surface area contributed by atoms with Crippen molar-refractivity contribution in [3.05, 3.63) is 96.6 Å². The minimum absolute atomic E-state index is 0.0269. The van der Waals surface area contributed by atoms with Gasteiger partial charge in [-0.05, 0) is 136 Å². The van der Waals surface area contributed by atoms with E-state index in [0.717, 1.165) is 120 Å². The van der Waals surface area contributed by atoms with Crippen LogP contribution in [0.5, 0.6) is 0 Å². The Hall–Kier alpha value is -4.33. The number of rotatable bonds is 13. The summed E-state index contributed by atoms with van der Waals surface area (Å²) in [6.07, 6.45) is 5.76. The zero-order valence-corrected chi connectivity index (χ0v) is 31.2. The molecule has 10 nitrogen and oxygen atoms in total. The molecule has 0 spiro atoms. The second-order valence-electron chi connectivity index (χ2n) is 15.5. The second kappa shape index (κ2) is 15.8. The molecule has 2 amide bonds.